The number of amides is 1. The molecule has 2 heterocycles. The monoisotopic (exact) mass is 529 g/mol. The molecular weight excluding hydrogens is 494 g/mol. The molecule has 0 unspecified atom stereocenters. The van der Waals surface area contributed by atoms with Gasteiger partial charge in [0, 0.05) is 6.92 Å². The quantitative estimate of drug-likeness (QED) is 0.111. The van der Waals surface area contributed by atoms with E-state index in [0.717, 1.165) is 6.92 Å². The van der Waals surface area contributed by atoms with E-state index in [1.54, 1.807) is 0 Å². The lowest BCUT2D eigenvalue weighted by Crippen LogP contribution is -2.64. The molecule has 2 rings (SSSR count). The summed E-state index contributed by atoms with van der Waals surface area (Å²) >= 11 is 0. The highest BCUT2D eigenvalue weighted by Crippen LogP contribution is 2.28. The van der Waals surface area contributed by atoms with E-state index in [-0.39, 0.29) is 6.29 Å². The van der Waals surface area contributed by atoms with Gasteiger partial charge in [-0.05, 0) is 6.92 Å². The summed E-state index contributed by atoms with van der Waals surface area (Å²) in [5.74, 6) is -0.736. The molecule has 2 aliphatic rings. The van der Waals surface area contributed by atoms with Crippen molar-refractivity contribution in [2.75, 3.05) is 13.2 Å². The van der Waals surface area contributed by atoms with Crippen LogP contribution in [0.25, 0.3) is 0 Å². The Balaban J connectivity index is 2.42. The van der Waals surface area contributed by atoms with Crippen LogP contribution in [0.1, 0.15) is 13.8 Å². The molecule has 0 aromatic heterocycles. The van der Waals surface area contributed by atoms with Crippen LogP contribution >= 0.6 is 0 Å². The molecule has 0 aromatic carbocycles. The Morgan fingerprint density at radius 1 is 0.889 bits per heavy atom. The standard InChI is InChI=1S/C20H35NO15/c1-6-11(27)13(29)15(31)19(33-6)35-17(8(3-22)21-7(2)25)18(9(26)4-23)36-20-16(32)14(30)12(28)10(5-24)34-20/h3,6,8-20,23-24,26-32H,4-5H2,1-2H3,(H,21,25)/t6-,8-,9-,10+,11+,12+,13-,14-,15+,16+,17+,18+,19+,20-/m1/s1. The smallest absolute Gasteiger partial charge is 0.217 e. The van der Waals surface area contributed by atoms with Gasteiger partial charge in [-0.2, -0.15) is 0 Å². The van der Waals surface area contributed by atoms with E-state index >= 15 is 0 Å². The highest BCUT2D eigenvalue weighted by Gasteiger charge is 2.50. The van der Waals surface area contributed by atoms with Gasteiger partial charge in [-0.25, -0.2) is 0 Å². The summed E-state index contributed by atoms with van der Waals surface area (Å²) in [5, 5.41) is 92.4. The second-order valence-electron chi connectivity index (χ2n) is 8.69. The van der Waals surface area contributed by atoms with Gasteiger partial charge in [-0.1, -0.05) is 0 Å². The molecule has 0 spiro atoms. The van der Waals surface area contributed by atoms with Crippen LogP contribution in [0.4, 0.5) is 0 Å². The Morgan fingerprint density at radius 3 is 1.92 bits per heavy atom. The molecule has 16 nitrogen and oxygen atoms in total. The van der Waals surface area contributed by atoms with Gasteiger partial charge in [0.05, 0.1) is 19.3 Å². The van der Waals surface area contributed by atoms with Crippen LogP contribution in [-0.2, 0) is 28.5 Å². The first-order chi connectivity index (χ1) is 16.9. The van der Waals surface area contributed by atoms with Gasteiger partial charge in [0.2, 0.25) is 5.91 Å². The predicted molar refractivity (Wildman–Crippen MR) is 113 cm³/mol. The second-order valence-corrected chi connectivity index (χ2v) is 8.69. The van der Waals surface area contributed by atoms with Gasteiger partial charge in [0.15, 0.2) is 12.6 Å². The number of aliphatic hydroxyl groups excluding tert-OH is 9. The van der Waals surface area contributed by atoms with E-state index in [9.17, 15) is 55.5 Å². The number of ether oxygens (including phenoxy) is 4. The zero-order valence-corrected chi connectivity index (χ0v) is 19.5. The van der Waals surface area contributed by atoms with Crippen molar-refractivity contribution in [1.82, 2.24) is 5.32 Å². The lowest BCUT2D eigenvalue weighted by atomic mass is 9.97. The van der Waals surface area contributed by atoms with Crippen molar-refractivity contribution >= 4 is 12.2 Å². The first kappa shape index (κ1) is 30.8. The van der Waals surface area contributed by atoms with Gasteiger partial charge in [0.25, 0.3) is 0 Å². The van der Waals surface area contributed by atoms with Crippen molar-refractivity contribution in [2.45, 2.75) is 99.6 Å². The fourth-order valence-corrected chi connectivity index (χ4v) is 3.90. The molecule has 2 aliphatic heterocycles. The van der Waals surface area contributed by atoms with E-state index in [1.165, 1.54) is 6.92 Å². The number of aldehydes is 1. The van der Waals surface area contributed by atoms with Crippen LogP contribution in [0.15, 0.2) is 0 Å². The number of hydrogen-bond acceptors (Lipinski definition) is 15. The van der Waals surface area contributed by atoms with E-state index < -0.39 is 105 Å². The Kier molecular flexibility index (Phi) is 11.5. The Hall–Kier alpha value is -1.38. The molecular formula is C20H35NO15. The molecule has 0 aliphatic carbocycles. The maximum absolute atomic E-state index is 11.9. The number of aliphatic hydroxyl groups is 9. The first-order valence-electron chi connectivity index (χ1n) is 11.2. The Labute approximate surface area is 205 Å². The lowest BCUT2D eigenvalue weighted by molar-refractivity contribution is -0.346. The molecule has 0 saturated carbocycles. The third kappa shape index (κ3) is 6.93. The number of rotatable bonds is 11. The molecule has 210 valence electrons. The highest BCUT2D eigenvalue weighted by molar-refractivity contribution is 5.77. The number of nitrogens with one attached hydrogen (secondary N) is 1. The van der Waals surface area contributed by atoms with Crippen LogP contribution in [0, 0.1) is 0 Å². The molecule has 1 amide bonds. The maximum Gasteiger partial charge on any atom is 0.217 e. The summed E-state index contributed by atoms with van der Waals surface area (Å²) in [7, 11) is 0. The summed E-state index contributed by atoms with van der Waals surface area (Å²) in [5.41, 5.74) is 0. The van der Waals surface area contributed by atoms with Crippen LogP contribution in [0.2, 0.25) is 0 Å². The summed E-state index contributed by atoms with van der Waals surface area (Å²) in [4.78, 5) is 23.6. The van der Waals surface area contributed by atoms with Crippen LogP contribution < -0.4 is 5.32 Å². The SMILES string of the molecule is CC(=O)N[C@H](C=O)[C@H](O[C@@H]1O[C@H](C)[C@H](O)[C@@H](O)[C@@H]1O)[C@@H](O[C@H]1O[C@@H](CO)[C@H](O)[C@@H](O)[C@@H]1O)[C@H](O)CO. The normalized spacial score (nSPS) is 40.6. The topological polar surface area (TPSA) is 265 Å². The van der Waals surface area contributed by atoms with Crippen LogP contribution in [-0.4, -0.2) is 157 Å². The number of hydrogen-bond donors (Lipinski definition) is 10. The Morgan fingerprint density at radius 2 is 1.42 bits per heavy atom. The van der Waals surface area contributed by atoms with Gasteiger partial charge in [-0.15, -0.1) is 0 Å². The first-order valence-corrected chi connectivity index (χ1v) is 11.2. The molecule has 14 atom stereocenters. The summed E-state index contributed by atoms with van der Waals surface area (Å²) < 4.78 is 21.8. The Bertz CT molecular complexity index is 713. The van der Waals surface area contributed by atoms with Crippen molar-refractivity contribution in [2.24, 2.45) is 0 Å². The number of carbonyl (C=O) groups excluding carboxylic acids is 2. The van der Waals surface area contributed by atoms with Crippen molar-refractivity contribution in [1.29, 1.82) is 0 Å². The third-order valence-corrected chi connectivity index (χ3v) is 6.00. The van der Waals surface area contributed by atoms with Crippen LogP contribution in [0.3, 0.4) is 0 Å². The van der Waals surface area contributed by atoms with E-state index in [2.05, 4.69) is 5.32 Å². The molecule has 36 heavy (non-hydrogen) atoms. The largest absolute Gasteiger partial charge is 0.394 e. The van der Waals surface area contributed by atoms with Gasteiger partial charge < -0.3 is 75.0 Å². The molecule has 0 radical (unpaired) electrons. The molecule has 16 heteroatoms. The summed E-state index contributed by atoms with van der Waals surface area (Å²) in [6, 6.07) is -1.63. The molecule has 10 N–H and O–H groups in total. The molecule has 0 aromatic rings. The zero-order valence-electron chi connectivity index (χ0n) is 19.5. The molecule has 2 saturated heterocycles. The fourth-order valence-electron chi connectivity index (χ4n) is 3.90. The van der Waals surface area contributed by atoms with E-state index in [4.69, 9.17) is 18.9 Å². The van der Waals surface area contributed by atoms with Gasteiger partial charge >= 0.3 is 0 Å². The van der Waals surface area contributed by atoms with E-state index in [1.807, 2.05) is 0 Å². The highest BCUT2D eigenvalue weighted by atomic mass is 16.7. The minimum Gasteiger partial charge on any atom is -0.394 e. The van der Waals surface area contributed by atoms with Crippen molar-refractivity contribution in [3.8, 4) is 0 Å². The minimum absolute atomic E-state index is 0.184. The maximum atomic E-state index is 11.9. The zero-order chi connectivity index (χ0) is 27.3. The molecule has 2 fully saturated rings. The van der Waals surface area contributed by atoms with Crippen molar-refractivity contribution in [3.05, 3.63) is 0 Å². The minimum atomic E-state index is -1.94. The van der Waals surface area contributed by atoms with Gasteiger partial charge in [0.1, 0.15) is 73.4 Å². The summed E-state index contributed by atoms with van der Waals surface area (Å²) in [6.07, 6.45) is -22.1. The van der Waals surface area contributed by atoms with Crippen molar-refractivity contribution in [3.63, 3.8) is 0 Å². The lowest BCUT2D eigenvalue weighted by Gasteiger charge is -2.45. The number of carbonyl (C=O) groups is 2. The third-order valence-electron chi connectivity index (χ3n) is 6.00. The predicted octanol–water partition coefficient (Wildman–Crippen LogP) is -6.56. The van der Waals surface area contributed by atoms with Crippen LogP contribution in [0.5, 0.6) is 0 Å². The van der Waals surface area contributed by atoms with E-state index in [0.29, 0.717) is 0 Å². The second kappa shape index (κ2) is 13.4. The summed E-state index contributed by atoms with van der Waals surface area (Å²) in [6.45, 7) is 0.582. The average molecular weight is 529 g/mol. The average Bonchev–Trinajstić information content (AvgIpc) is 2.85. The van der Waals surface area contributed by atoms with Crippen molar-refractivity contribution < 1.29 is 74.5 Å². The fraction of sp³-hybridized carbons (Fsp3) is 0.900. The molecule has 0 bridgehead atoms. The van der Waals surface area contributed by atoms with Gasteiger partial charge in [-0.3, -0.25) is 4.79 Å².